The number of sulfonamides is 1. The van der Waals surface area contributed by atoms with Crippen LogP contribution in [0, 0.1) is 5.92 Å². The minimum absolute atomic E-state index is 0.0988. The lowest BCUT2D eigenvalue weighted by Crippen LogP contribution is -2.44. The minimum atomic E-state index is -3.23. The number of benzene rings is 1. The van der Waals surface area contributed by atoms with Crippen molar-refractivity contribution in [3.63, 3.8) is 0 Å². The average molecular weight is 331 g/mol. The van der Waals surface area contributed by atoms with Crippen molar-refractivity contribution in [2.75, 3.05) is 19.3 Å². The molecule has 0 spiro atoms. The molecule has 1 aliphatic rings. The number of rotatable bonds is 4. The summed E-state index contributed by atoms with van der Waals surface area (Å²) in [5.74, 6) is -0.376. The molecule has 1 amide bonds. The van der Waals surface area contributed by atoms with Crippen LogP contribution in [-0.4, -0.2) is 38.0 Å². The predicted molar refractivity (Wildman–Crippen MR) is 82.4 cm³/mol. The Hall–Kier alpha value is -1.11. The van der Waals surface area contributed by atoms with E-state index in [4.69, 9.17) is 11.6 Å². The van der Waals surface area contributed by atoms with Crippen LogP contribution in [0.15, 0.2) is 24.3 Å². The lowest BCUT2D eigenvalue weighted by molar-refractivity contribution is -0.126. The maximum absolute atomic E-state index is 12.2. The molecule has 0 aliphatic carbocycles. The molecule has 7 heteroatoms. The Kier molecular flexibility index (Phi) is 5.24. The Morgan fingerprint density at radius 1 is 1.38 bits per heavy atom. The molecule has 1 saturated heterocycles. The van der Waals surface area contributed by atoms with Crippen LogP contribution in [0.25, 0.3) is 0 Å². The number of piperidine rings is 1. The summed E-state index contributed by atoms with van der Waals surface area (Å²) in [6.45, 7) is 1.19. The fourth-order valence-corrected chi connectivity index (χ4v) is 3.43. The molecule has 21 heavy (non-hydrogen) atoms. The number of hydrogen-bond donors (Lipinski definition) is 1. The summed E-state index contributed by atoms with van der Waals surface area (Å²) in [6.07, 6.45) is 2.62. The zero-order valence-electron chi connectivity index (χ0n) is 11.9. The number of amides is 1. The van der Waals surface area contributed by atoms with E-state index in [0.717, 1.165) is 12.0 Å². The Morgan fingerprint density at radius 2 is 2.05 bits per heavy atom. The summed E-state index contributed by atoms with van der Waals surface area (Å²) in [6, 6.07) is 7.25. The highest BCUT2D eigenvalue weighted by molar-refractivity contribution is 7.88. The smallest absolute Gasteiger partial charge is 0.224 e. The van der Waals surface area contributed by atoms with Crippen LogP contribution in [0.5, 0.6) is 0 Å². The minimum Gasteiger partial charge on any atom is -0.352 e. The van der Waals surface area contributed by atoms with Gasteiger partial charge in [-0.15, -0.1) is 0 Å². The van der Waals surface area contributed by atoms with Crippen LogP contribution < -0.4 is 5.32 Å². The van der Waals surface area contributed by atoms with Gasteiger partial charge in [0.25, 0.3) is 0 Å². The van der Waals surface area contributed by atoms with Crippen molar-refractivity contribution in [2.24, 2.45) is 5.92 Å². The largest absolute Gasteiger partial charge is 0.352 e. The maximum atomic E-state index is 12.2. The third kappa shape index (κ3) is 4.69. The van der Waals surface area contributed by atoms with E-state index in [9.17, 15) is 13.2 Å². The van der Waals surface area contributed by atoms with Gasteiger partial charge in [0.1, 0.15) is 0 Å². The Bertz CT molecular complexity index is 601. The Morgan fingerprint density at radius 3 is 2.67 bits per heavy atom. The molecule has 1 heterocycles. The second kappa shape index (κ2) is 6.77. The van der Waals surface area contributed by atoms with Crippen LogP contribution in [0.1, 0.15) is 18.4 Å². The summed E-state index contributed by atoms with van der Waals surface area (Å²) in [5, 5.41) is 3.51. The summed E-state index contributed by atoms with van der Waals surface area (Å²) < 4.78 is 24.5. The summed E-state index contributed by atoms with van der Waals surface area (Å²) in [5.41, 5.74) is 0.962. The van der Waals surface area contributed by atoms with Crippen molar-refractivity contribution >= 4 is 27.5 Å². The zero-order chi connectivity index (χ0) is 15.5. The van der Waals surface area contributed by atoms with Gasteiger partial charge in [0.05, 0.1) is 12.2 Å². The van der Waals surface area contributed by atoms with Gasteiger partial charge >= 0.3 is 0 Å². The van der Waals surface area contributed by atoms with Crippen LogP contribution >= 0.6 is 11.6 Å². The first-order valence-electron chi connectivity index (χ1n) is 6.83. The number of halogens is 1. The molecule has 1 fully saturated rings. The molecule has 0 unspecified atom stereocenters. The number of carbonyl (C=O) groups excluding carboxylic acids is 1. The molecule has 1 aromatic rings. The van der Waals surface area contributed by atoms with Gasteiger partial charge in [0, 0.05) is 24.7 Å². The fraction of sp³-hybridized carbons (Fsp3) is 0.500. The van der Waals surface area contributed by atoms with Gasteiger partial charge in [-0.25, -0.2) is 12.7 Å². The molecule has 1 N–H and O–H groups in total. The van der Waals surface area contributed by atoms with Crippen molar-refractivity contribution in [1.29, 1.82) is 0 Å². The molecule has 0 aromatic heterocycles. The predicted octanol–water partition coefficient (Wildman–Crippen LogP) is 1.63. The summed E-state index contributed by atoms with van der Waals surface area (Å²) in [4.78, 5) is 12.2. The van der Waals surface area contributed by atoms with Gasteiger partial charge in [0.2, 0.25) is 15.9 Å². The molecule has 0 saturated carbocycles. The third-order valence-electron chi connectivity index (χ3n) is 3.60. The Balaban J connectivity index is 1.89. The van der Waals surface area contributed by atoms with Gasteiger partial charge < -0.3 is 5.32 Å². The van der Waals surface area contributed by atoms with Crippen molar-refractivity contribution in [1.82, 2.24) is 9.62 Å². The first kappa shape index (κ1) is 16.3. The lowest BCUT2D eigenvalue weighted by atomic mass is 9.99. The molecule has 0 radical (unpaired) electrons. The lowest BCUT2D eigenvalue weighted by Gasteiger charge is -2.30. The first-order valence-corrected chi connectivity index (χ1v) is 9.06. The number of nitrogens with zero attached hydrogens (tertiary/aromatic N) is 1. The fourth-order valence-electron chi connectivity index (χ4n) is 2.39. The van der Waals surface area contributed by atoms with E-state index in [0.29, 0.717) is 24.5 Å². The zero-order valence-corrected chi connectivity index (χ0v) is 13.5. The number of nitrogens with one attached hydrogen (secondary N) is 1. The summed E-state index contributed by atoms with van der Waals surface area (Å²) >= 11 is 5.81. The van der Waals surface area contributed by atoms with Gasteiger partial charge in [0.15, 0.2) is 0 Å². The molecular weight excluding hydrogens is 312 g/mol. The third-order valence-corrected chi connectivity index (χ3v) is 5.13. The maximum Gasteiger partial charge on any atom is 0.224 e. The highest BCUT2D eigenvalue weighted by Crippen LogP contribution is 2.19. The standard InChI is InChI=1S/C14H19ClN2O3S/c1-21(19,20)17-8-2-3-12(10-17)14(18)16-9-11-4-6-13(15)7-5-11/h4-7,12H,2-3,8-10H2,1H3,(H,16,18)/t12-/m0/s1. The molecule has 1 aliphatic heterocycles. The van der Waals surface area contributed by atoms with Gasteiger partial charge in [-0.05, 0) is 30.5 Å². The average Bonchev–Trinajstić information content (AvgIpc) is 2.45. The molecule has 1 aromatic carbocycles. The topological polar surface area (TPSA) is 66.5 Å². The highest BCUT2D eigenvalue weighted by atomic mass is 35.5. The SMILES string of the molecule is CS(=O)(=O)N1CCC[C@H](C(=O)NCc2ccc(Cl)cc2)C1. The van der Waals surface area contributed by atoms with E-state index in [1.54, 1.807) is 12.1 Å². The van der Waals surface area contributed by atoms with E-state index < -0.39 is 10.0 Å². The molecular formula is C14H19ClN2O3S. The molecule has 2 rings (SSSR count). The van der Waals surface area contributed by atoms with Crippen LogP contribution in [0.2, 0.25) is 5.02 Å². The van der Waals surface area contributed by atoms with E-state index in [1.165, 1.54) is 10.6 Å². The van der Waals surface area contributed by atoms with Crippen molar-refractivity contribution in [3.8, 4) is 0 Å². The second-order valence-corrected chi connectivity index (χ2v) is 7.72. The van der Waals surface area contributed by atoms with E-state index in [-0.39, 0.29) is 18.4 Å². The Labute approximate surface area is 130 Å². The monoisotopic (exact) mass is 330 g/mol. The molecule has 116 valence electrons. The van der Waals surface area contributed by atoms with E-state index in [1.807, 2.05) is 12.1 Å². The van der Waals surface area contributed by atoms with Crippen LogP contribution in [0.3, 0.4) is 0 Å². The van der Waals surface area contributed by atoms with Crippen LogP contribution in [0.4, 0.5) is 0 Å². The first-order chi connectivity index (χ1) is 9.86. The van der Waals surface area contributed by atoms with Crippen molar-refractivity contribution < 1.29 is 13.2 Å². The van der Waals surface area contributed by atoms with Gasteiger partial charge in [-0.1, -0.05) is 23.7 Å². The van der Waals surface area contributed by atoms with E-state index >= 15 is 0 Å². The quantitative estimate of drug-likeness (QED) is 0.912. The molecule has 0 bridgehead atoms. The van der Waals surface area contributed by atoms with Crippen LogP contribution in [-0.2, 0) is 21.4 Å². The number of hydrogen-bond acceptors (Lipinski definition) is 3. The van der Waals surface area contributed by atoms with Crippen molar-refractivity contribution in [2.45, 2.75) is 19.4 Å². The molecule has 5 nitrogen and oxygen atoms in total. The second-order valence-electron chi connectivity index (χ2n) is 5.30. The summed E-state index contributed by atoms with van der Waals surface area (Å²) in [7, 11) is -3.23. The highest BCUT2D eigenvalue weighted by Gasteiger charge is 2.29. The molecule has 1 atom stereocenters. The number of carbonyl (C=O) groups is 1. The normalized spacial score (nSPS) is 20.2. The van der Waals surface area contributed by atoms with Gasteiger partial charge in [-0.3, -0.25) is 4.79 Å². The van der Waals surface area contributed by atoms with Gasteiger partial charge in [-0.2, -0.15) is 0 Å². The van der Waals surface area contributed by atoms with E-state index in [2.05, 4.69) is 5.32 Å². The van der Waals surface area contributed by atoms with Crippen molar-refractivity contribution in [3.05, 3.63) is 34.9 Å².